The zero-order chi connectivity index (χ0) is 6.50. The van der Waals surface area contributed by atoms with Gasteiger partial charge < -0.3 is 14.7 Å². The van der Waals surface area contributed by atoms with E-state index in [1.807, 2.05) is 0 Å². The van der Waals surface area contributed by atoms with Crippen LogP contribution in [0.2, 0.25) is 0 Å². The molecule has 0 radical (unpaired) electrons. The van der Waals surface area contributed by atoms with E-state index in [4.69, 9.17) is 23.1 Å². The summed E-state index contributed by atoms with van der Waals surface area (Å²) < 4.78 is 16.8. The average molecular weight is 203 g/mol. The van der Waals surface area contributed by atoms with Crippen LogP contribution < -0.4 is 0 Å². The van der Waals surface area contributed by atoms with Crippen LogP contribution in [-0.4, -0.2) is 32.0 Å². The second-order valence-corrected chi connectivity index (χ2v) is 1.54. The predicted molar refractivity (Wildman–Crippen MR) is 24.9 cm³/mol. The Balaban J connectivity index is -0.0000000750. The normalized spacial score (nSPS) is 8.12. The first kappa shape index (κ1) is 16.0. The van der Waals surface area contributed by atoms with E-state index in [0.29, 0.717) is 0 Å². The molecule has 0 aliphatic carbocycles. The van der Waals surface area contributed by atoms with Gasteiger partial charge in [0.25, 0.3) is 0 Å². The topological polar surface area (TPSA) is 94.8 Å². The van der Waals surface area contributed by atoms with Crippen molar-refractivity contribution in [2.45, 2.75) is 0 Å². The second-order valence-electron chi connectivity index (χ2n) is 0.513. The Morgan fingerprint density at radius 2 is 1.12 bits per heavy atom. The van der Waals surface area contributed by atoms with Crippen LogP contribution in [0.15, 0.2) is 0 Å². The Bertz CT molecular complexity index is 68.2. The van der Waals surface area contributed by atoms with E-state index in [1.165, 1.54) is 0 Å². The van der Waals surface area contributed by atoms with Crippen molar-refractivity contribution in [3.63, 3.8) is 0 Å². The molecular weight excluding hydrogens is 197 g/mol. The van der Waals surface area contributed by atoms with Crippen LogP contribution in [-0.2, 0) is 23.9 Å². The summed E-state index contributed by atoms with van der Waals surface area (Å²) in [4.78, 5) is 21.6. The summed E-state index contributed by atoms with van der Waals surface area (Å²) in [6.45, 7) is 0. The molecule has 8 heteroatoms. The Kier molecular flexibility index (Phi) is 15.8. The van der Waals surface area contributed by atoms with E-state index in [-0.39, 0.29) is 17.4 Å². The van der Waals surface area contributed by atoms with Crippen molar-refractivity contribution in [1.82, 2.24) is 0 Å². The summed E-state index contributed by atoms with van der Waals surface area (Å²) in [6, 6.07) is 0. The monoisotopic (exact) mass is 202 g/mol. The van der Waals surface area contributed by atoms with E-state index in [2.05, 4.69) is 15.4 Å². The Labute approximate surface area is 64.0 Å². The Hall–Kier alpha value is 0.936. The number of hydrogen-bond acceptors (Lipinski definition) is 2. The molecule has 5 nitrogen and oxygen atoms in total. The molecule has 3 N–H and O–H groups in total. The van der Waals surface area contributed by atoms with Crippen molar-refractivity contribution in [2.75, 3.05) is 0 Å². The van der Waals surface area contributed by atoms with Crippen molar-refractivity contribution in [3.8, 4) is 0 Å². The predicted octanol–water partition coefficient (Wildman–Crippen LogP) is -2.23. The Morgan fingerprint density at radius 3 is 1.12 bits per heavy atom. The molecule has 0 amide bonds. The van der Waals surface area contributed by atoms with Crippen molar-refractivity contribution < 1.29 is 38.5 Å². The van der Waals surface area contributed by atoms with Gasteiger partial charge in [0.15, 0.2) is 17.4 Å². The van der Waals surface area contributed by atoms with Crippen molar-refractivity contribution >= 4 is 25.2 Å². The first-order valence-corrected chi connectivity index (χ1v) is 2.88. The number of hydrogen-bond donors (Lipinski definition) is 3. The molecule has 0 aromatic rings. The van der Waals surface area contributed by atoms with Gasteiger partial charge in [-0.2, -0.15) is 0 Å². The van der Waals surface area contributed by atoms with Gasteiger partial charge >= 0.3 is 27.1 Å². The molecule has 54 valence electrons. The van der Waals surface area contributed by atoms with Crippen LogP contribution in [0.4, 0.5) is 0 Å². The van der Waals surface area contributed by atoms with Gasteiger partial charge in [-0.25, -0.2) is 4.57 Å². The van der Waals surface area contributed by atoms with Gasteiger partial charge in [0.2, 0.25) is 0 Å². The standard InChI is InChI=1S/Al.Ni.H3O4P.O.3H/c;;1-5(2,3)4;;;;/h;;(H3,1,2,3,4);;;;. The maximum atomic E-state index is 8.88. The zero-order valence-electron chi connectivity index (χ0n) is 2.92. The molecule has 0 aliphatic heterocycles. The molecule has 0 aromatic heterocycles. The molecule has 8 heavy (non-hydrogen) atoms. The Morgan fingerprint density at radius 1 is 1.12 bits per heavy atom. The number of phosphoric acid groups is 1. The van der Waals surface area contributed by atoms with E-state index in [0.717, 1.165) is 0 Å². The van der Waals surface area contributed by atoms with Crippen LogP contribution in [0.25, 0.3) is 0 Å². The van der Waals surface area contributed by atoms with E-state index in [9.17, 15) is 0 Å². The van der Waals surface area contributed by atoms with Crippen LogP contribution in [0.3, 0.4) is 0 Å². The van der Waals surface area contributed by atoms with Crippen LogP contribution in [0.1, 0.15) is 0 Å². The van der Waals surface area contributed by atoms with E-state index in [1.54, 1.807) is 0 Å². The summed E-state index contributed by atoms with van der Waals surface area (Å²) in [5, 5.41) is 0. The van der Waals surface area contributed by atoms with Gasteiger partial charge in [-0.3, -0.25) is 0 Å². The quantitative estimate of drug-likeness (QED) is 0.305. The van der Waals surface area contributed by atoms with Crippen LogP contribution in [0, 0.1) is 0 Å². The molecule has 0 aliphatic rings. The molecule has 0 bridgehead atoms. The van der Waals surface area contributed by atoms with Crippen molar-refractivity contribution in [3.05, 3.63) is 0 Å². The van der Waals surface area contributed by atoms with Crippen LogP contribution in [0.5, 0.6) is 0 Å². The molecule has 0 heterocycles. The molecule has 0 saturated carbocycles. The van der Waals surface area contributed by atoms with Crippen molar-refractivity contribution in [1.29, 1.82) is 0 Å². The SMILES string of the molecule is O=P(O)(O)O.[AlH3].[O]=[Ni]. The van der Waals surface area contributed by atoms with Gasteiger partial charge in [-0.05, 0) is 0 Å². The zero-order valence-corrected chi connectivity index (χ0v) is 4.80. The third-order valence-electron chi connectivity index (χ3n) is 0. The molecule has 0 unspecified atom stereocenters. The average Bonchev–Trinajstić information content (AvgIpc) is 1.36. The third kappa shape index (κ3) is 279. The van der Waals surface area contributed by atoms with Gasteiger partial charge in [-0.15, -0.1) is 0 Å². The fourth-order valence-corrected chi connectivity index (χ4v) is 0. The molecular formula is H6AlNiO5P. The van der Waals surface area contributed by atoms with Gasteiger partial charge in [0.1, 0.15) is 0 Å². The van der Waals surface area contributed by atoms with E-state index >= 15 is 0 Å². The maximum absolute atomic E-state index is 8.88. The molecule has 0 saturated heterocycles. The van der Waals surface area contributed by atoms with Gasteiger partial charge in [0.05, 0.1) is 0 Å². The minimum absolute atomic E-state index is 0. The third-order valence-corrected chi connectivity index (χ3v) is 0. The van der Waals surface area contributed by atoms with E-state index < -0.39 is 7.82 Å². The first-order valence-electron chi connectivity index (χ1n) is 0.912. The second kappa shape index (κ2) is 7.94. The molecule has 0 rings (SSSR count). The number of rotatable bonds is 0. The first-order chi connectivity index (χ1) is 3.00. The van der Waals surface area contributed by atoms with Crippen LogP contribution >= 0.6 is 7.82 Å². The molecule has 0 fully saturated rings. The molecule has 0 atom stereocenters. The minimum atomic E-state index is -4.64. The fourth-order valence-electron chi connectivity index (χ4n) is 0. The van der Waals surface area contributed by atoms with Crippen molar-refractivity contribution in [2.24, 2.45) is 0 Å². The van der Waals surface area contributed by atoms with Gasteiger partial charge in [0, 0.05) is 0 Å². The summed E-state index contributed by atoms with van der Waals surface area (Å²) in [5.41, 5.74) is 0. The molecule has 0 aromatic carbocycles. The summed E-state index contributed by atoms with van der Waals surface area (Å²) >= 11 is 2.62. The molecule has 0 spiro atoms. The summed E-state index contributed by atoms with van der Waals surface area (Å²) in [5.74, 6) is 0. The van der Waals surface area contributed by atoms with Gasteiger partial charge in [-0.1, -0.05) is 0 Å². The summed E-state index contributed by atoms with van der Waals surface area (Å²) in [6.07, 6.45) is 0. The fraction of sp³-hybridized carbons (Fsp3) is 0. The summed E-state index contributed by atoms with van der Waals surface area (Å²) in [7, 11) is -4.64.